The van der Waals surface area contributed by atoms with Gasteiger partial charge in [0.1, 0.15) is 17.0 Å². The largest absolute Gasteiger partial charge is 0.494 e. The zero-order valence-corrected chi connectivity index (χ0v) is 18.3. The lowest BCUT2D eigenvalue weighted by Crippen LogP contribution is -2.38. The minimum Gasteiger partial charge on any atom is -0.494 e. The Morgan fingerprint density at radius 2 is 1.77 bits per heavy atom. The van der Waals surface area contributed by atoms with Gasteiger partial charge in [0.25, 0.3) is 5.91 Å². The van der Waals surface area contributed by atoms with Crippen molar-refractivity contribution < 1.29 is 14.3 Å². The zero-order chi connectivity index (χ0) is 21.8. The Labute approximate surface area is 185 Å². The summed E-state index contributed by atoms with van der Waals surface area (Å²) in [6, 6.07) is 14.9. The molecule has 2 heterocycles. The quantitative estimate of drug-likeness (QED) is 0.626. The molecule has 1 fully saturated rings. The van der Waals surface area contributed by atoms with Crippen molar-refractivity contribution in [1.29, 1.82) is 0 Å². The fourth-order valence-corrected chi connectivity index (χ4v) is 4.43. The summed E-state index contributed by atoms with van der Waals surface area (Å²) in [5, 5.41) is 7.01. The van der Waals surface area contributed by atoms with Crippen LogP contribution in [-0.4, -0.2) is 53.4 Å². The van der Waals surface area contributed by atoms with Crippen LogP contribution in [0.2, 0.25) is 0 Å². The fourth-order valence-electron chi connectivity index (χ4n) is 3.52. The highest BCUT2D eigenvalue weighted by atomic mass is 32.2. The summed E-state index contributed by atoms with van der Waals surface area (Å²) in [6.07, 6.45) is 0. The van der Waals surface area contributed by atoms with Gasteiger partial charge < -0.3 is 20.3 Å². The van der Waals surface area contributed by atoms with Gasteiger partial charge in [-0.2, -0.15) is 11.8 Å². The van der Waals surface area contributed by atoms with Crippen molar-refractivity contribution in [3.05, 3.63) is 54.2 Å². The molecule has 2 N–H and O–H groups in total. The van der Waals surface area contributed by atoms with E-state index >= 15 is 0 Å². The molecule has 2 amide bonds. The summed E-state index contributed by atoms with van der Waals surface area (Å²) >= 11 is 1.86. The van der Waals surface area contributed by atoms with Crippen molar-refractivity contribution in [2.45, 2.75) is 6.92 Å². The maximum atomic E-state index is 13.1. The SMILES string of the molecule is COc1cccc2c(Nc3ccc(NC(C)=O)cc3)cc(C(=O)N3CCSCC3)nc12. The van der Waals surface area contributed by atoms with Gasteiger partial charge >= 0.3 is 0 Å². The topological polar surface area (TPSA) is 83.6 Å². The summed E-state index contributed by atoms with van der Waals surface area (Å²) in [6.45, 7) is 2.92. The molecular formula is C23H24N4O3S. The minimum absolute atomic E-state index is 0.0721. The Hall–Kier alpha value is -3.26. The zero-order valence-electron chi connectivity index (χ0n) is 17.5. The van der Waals surface area contributed by atoms with E-state index in [1.54, 1.807) is 13.2 Å². The van der Waals surface area contributed by atoms with Crippen molar-refractivity contribution in [3.8, 4) is 5.75 Å². The molecule has 0 radical (unpaired) electrons. The van der Waals surface area contributed by atoms with E-state index in [1.165, 1.54) is 6.92 Å². The molecule has 1 aliphatic heterocycles. The maximum Gasteiger partial charge on any atom is 0.272 e. The number of pyridine rings is 1. The summed E-state index contributed by atoms with van der Waals surface area (Å²) in [4.78, 5) is 30.9. The molecule has 3 aromatic rings. The average molecular weight is 437 g/mol. The molecule has 2 aromatic carbocycles. The smallest absolute Gasteiger partial charge is 0.272 e. The lowest BCUT2D eigenvalue weighted by Gasteiger charge is -2.26. The predicted molar refractivity (Wildman–Crippen MR) is 126 cm³/mol. The highest BCUT2D eigenvalue weighted by molar-refractivity contribution is 7.99. The molecule has 160 valence electrons. The molecule has 7 nitrogen and oxygen atoms in total. The molecule has 0 bridgehead atoms. The average Bonchev–Trinajstić information content (AvgIpc) is 2.79. The highest BCUT2D eigenvalue weighted by Gasteiger charge is 2.22. The third-order valence-electron chi connectivity index (χ3n) is 5.02. The molecule has 1 saturated heterocycles. The van der Waals surface area contributed by atoms with Gasteiger partial charge in [-0.1, -0.05) is 12.1 Å². The first-order valence-electron chi connectivity index (χ1n) is 10.0. The summed E-state index contributed by atoms with van der Waals surface area (Å²) < 4.78 is 5.51. The molecule has 0 atom stereocenters. The van der Waals surface area contributed by atoms with Crippen LogP contribution in [0.15, 0.2) is 48.5 Å². The van der Waals surface area contributed by atoms with Crippen LogP contribution in [0.5, 0.6) is 5.75 Å². The van der Waals surface area contributed by atoms with Crippen LogP contribution in [0, 0.1) is 0 Å². The van der Waals surface area contributed by atoms with Crippen molar-refractivity contribution in [1.82, 2.24) is 9.88 Å². The van der Waals surface area contributed by atoms with Gasteiger partial charge in [-0.15, -0.1) is 0 Å². The first kappa shape index (κ1) is 21.0. The van der Waals surface area contributed by atoms with E-state index in [0.717, 1.165) is 47.0 Å². The third-order valence-corrected chi connectivity index (χ3v) is 5.97. The molecular weight excluding hydrogens is 412 g/mol. The molecule has 31 heavy (non-hydrogen) atoms. The van der Waals surface area contributed by atoms with Crippen LogP contribution in [0.3, 0.4) is 0 Å². The van der Waals surface area contributed by atoms with Gasteiger partial charge in [0.15, 0.2) is 0 Å². The molecule has 1 aromatic heterocycles. The lowest BCUT2D eigenvalue weighted by molar-refractivity contribution is -0.114. The van der Waals surface area contributed by atoms with E-state index < -0.39 is 0 Å². The van der Waals surface area contributed by atoms with E-state index in [4.69, 9.17) is 4.74 Å². The second-order valence-electron chi connectivity index (χ2n) is 7.20. The number of carbonyl (C=O) groups is 2. The van der Waals surface area contributed by atoms with E-state index in [9.17, 15) is 9.59 Å². The molecule has 8 heteroatoms. The number of hydrogen-bond donors (Lipinski definition) is 2. The van der Waals surface area contributed by atoms with Gasteiger partial charge in [0.2, 0.25) is 5.91 Å². The van der Waals surface area contributed by atoms with Crippen molar-refractivity contribution in [3.63, 3.8) is 0 Å². The molecule has 1 aliphatic rings. The fraction of sp³-hybridized carbons (Fsp3) is 0.261. The van der Waals surface area contributed by atoms with Gasteiger partial charge in [0.05, 0.1) is 12.8 Å². The number of amides is 2. The number of thioether (sulfide) groups is 1. The number of anilines is 3. The van der Waals surface area contributed by atoms with Crippen LogP contribution in [-0.2, 0) is 4.79 Å². The number of ether oxygens (including phenoxy) is 1. The number of fused-ring (bicyclic) bond motifs is 1. The van der Waals surface area contributed by atoms with Crippen molar-refractivity contribution in [2.24, 2.45) is 0 Å². The first-order valence-corrected chi connectivity index (χ1v) is 11.2. The Balaban J connectivity index is 1.72. The third kappa shape index (κ3) is 4.74. The molecule has 0 unspecified atom stereocenters. The number of benzene rings is 2. The molecule has 0 aliphatic carbocycles. The summed E-state index contributed by atoms with van der Waals surface area (Å²) in [5.41, 5.74) is 3.35. The number of nitrogens with zero attached hydrogens (tertiary/aromatic N) is 2. The number of para-hydroxylation sites is 1. The lowest BCUT2D eigenvalue weighted by atomic mass is 10.1. The Morgan fingerprint density at radius 3 is 2.45 bits per heavy atom. The maximum absolute atomic E-state index is 13.1. The first-order chi connectivity index (χ1) is 15.0. The normalized spacial score (nSPS) is 13.7. The number of carbonyl (C=O) groups excluding carboxylic acids is 2. The second kappa shape index (κ2) is 9.26. The molecule has 4 rings (SSSR count). The van der Waals surface area contributed by atoms with Crippen LogP contribution < -0.4 is 15.4 Å². The van der Waals surface area contributed by atoms with E-state index in [2.05, 4.69) is 15.6 Å². The Bertz CT molecular complexity index is 1110. The molecule has 0 spiro atoms. The van der Waals surface area contributed by atoms with Gasteiger partial charge in [-0.25, -0.2) is 4.98 Å². The number of hydrogen-bond acceptors (Lipinski definition) is 6. The van der Waals surface area contributed by atoms with Crippen LogP contribution in [0.4, 0.5) is 17.1 Å². The highest BCUT2D eigenvalue weighted by Crippen LogP contribution is 2.32. The van der Waals surface area contributed by atoms with Crippen LogP contribution >= 0.6 is 11.8 Å². The van der Waals surface area contributed by atoms with E-state index in [-0.39, 0.29) is 11.8 Å². The van der Waals surface area contributed by atoms with Gasteiger partial charge in [0, 0.05) is 48.3 Å². The van der Waals surface area contributed by atoms with Gasteiger partial charge in [-0.05, 0) is 36.4 Å². The Morgan fingerprint density at radius 1 is 1.06 bits per heavy atom. The summed E-state index contributed by atoms with van der Waals surface area (Å²) in [5.74, 6) is 2.30. The standard InChI is InChI=1S/C23H24N4O3S/c1-15(28)24-16-6-8-17(9-7-16)25-19-14-20(23(29)27-10-12-31-13-11-27)26-22-18(19)4-3-5-21(22)30-2/h3-9,14H,10-13H2,1-2H3,(H,24,28)(H,25,26). The number of rotatable bonds is 5. The predicted octanol–water partition coefficient (Wildman–Crippen LogP) is 4.13. The number of methoxy groups -OCH3 is 1. The van der Waals surface area contributed by atoms with Crippen LogP contribution in [0.1, 0.15) is 17.4 Å². The monoisotopic (exact) mass is 436 g/mol. The van der Waals surface area contributed by atoms with Crippen molar-refractivity contribution >= 4 is 51.5 Å². The second-order valence-corrected chi connectivity index (χ2v) is 8.42. The van der Waals surface area contributed by atoms with Gasteiger partial charge in [-0.3, -0.25) is 9.59 Å². The van der Waals surface area contributed by atoms with Crippen molar-refractivity contribution in [2.75, 3.05) is 42.3 Å². The van der Waals surface area contributed by atoms with E-state index in [1.807, 2.05) is 59.1 Å². The van der Waals surface area contributed by atoms with Crippen LogP contribution in [0.25, 0.3) is 10.9 Å². The van der Waals surface area contributed by atoms with E-state index in [0.29, 0.717) is 17.0 Å². The Kier molecular flexibility index (Phi) is 6.27. The number of nitrogens with one attached hydrogen (secondary N) is 2. The summed E-state index contributed by atoms with van der Waals surface area (Å²) in [7, 11) is 1.60. The minimum atomic E-state index is -0.118. The number of aromatic nitrogens is 1. The molecule has 0 saturated carbocycles.